The number of aliphatic hydroxyl groups excluding tert-OH is 1. The number of aromatic nitrogens is 5. The average molecular weight is 545 g/mol. The van der Waals surface area contributed by atoms with Crippen molar-refractivity contribution < 1.29 is 27.4 Å². The molecule has 1 unspecified atom stereocenters. The Balaban J connectivity index is 1.31. The molecule has 38 heavy (non-hydrogen) atoms. The molecule has 0 radical (unpaired) electrons. The van der Waals surface area contributed by atoms with E-state index in [1.54, 1.807) is 6.07 Å². The van der Waals surface area contributed by atoms with Crippen LogP contribution < -0.4 is 15.8 Å². The monoisotopic (exact) mass is 544 g/mol. The second-order valence-electron chi connectivity index (χ2n) is 8.97. The van der Waals surface area contributed by atoms with Gasteiger partial charge in [-0.05, 0) is 13.0 Å². The fraction of sp³-hybridized carbons (Fsp3) is 0.304. The van der Waals surface area contributed by atoms with Crippen LogP contribution in [0.25, 0.3) is 11.0 Å². The maximum atomic E-state index is 15.0. The van der Waals surface area contributed by atoms with E-state index in [-0.39, 0.29) is 28.8 Å². The maximum Gasteiger partial charge on any atom is 0.272 e. The zero-order valence-corrected chi connectivity index (χ0v) is 20.4. The van der Waals surface area contributed by atoms with Gasteiger partial charge in [0.25, 0.3) is 5.92 Å². The van der Waals surface area contributed by atoms with E-state index < -0.39 is 34.7 Å². The molecule has 1 saturated carbocycles. The number of hydrogen-bond acceptors (Lipinski definition) is 12. The quantitative estimate of drug-likeness (QED) is 0.294. The summed E-state index contributed by atoms with van der Waals surface area (Å²) in [6, 6.07) is 2.97. The van der Waals surface area contributed by atoms with Crippen LogP contribution in [0, 0.1) is 11.9 Å². The van der Waals surface area contributed by atoms with Gasteiger partial charge in [0.1, 0.15) is 34.1 Å². The molecule has 0 saturated heterocycles. The van der Waals surface area contributed by atoms with Gasteiger partial charge in [-0.2, -0.15) is 4.39 Å². The number of anilines is 2. The van der Waals surface area contributed by atoms with Crippen molar-refractivity contribution in [1.82, 2.24) is 24.9 Å². The van der Waals surface area contributed by atoms with E-state index in [4.69, 9.17) is 14.9 Å². The molecule has 4 N–H and O–H groups in total. The van der Waals surface area contributed by atoms with Gasteiger partial charge >= 0.3 is 0 Å². The SMILES string of the molecule is C[C@]1(c2cc(Nc3ncnc4cc(OCc5ncco5)cnc34)cnc2F)N=C(N)S[C@]2(CO)C1C2(F)F. The lowest BCUT2D eigenvalue weighted by molar-refractivity contribution is 0.0684. The molecule has 2 aliphatic rings. The largest absolute Gasteiger partial charge is 0.482 e. The van der Waals surface area contributed by atoms with Crippen LogP contribution in [0.1, 0.15) is 18.4 Å². The minimum absolute atomic E-state index is 0.0995. The van der Waals surface area contributed by atoms with E-state index in [0.717, 1.165) is 0 Å². The van der Waals surface area contributed by atoms with E-state index in [2.05, 4.69) is 35.2 Å². The van der Waals surface area contributed by atoms with Crippen LogP contribution >= 0.6 is 11.8 Å². The Kier molecular flexibility index (Phi) is 5.47. The molecule has 6 rings (SSSR count). The predicted molar refractivity (Wildman–Crippen MR) is 130 cm³/mol. The fourth-order valence-corrected chi connectivity index (χ4v) is 6.25. The lowest BCUT2D eigenvalue weighted by Crippen LogP contribution is -2.37. The van der Waals surface area contributed by atoms with Crippen molar-refractivity contribution in [3.05, 3.63) is 60.7 Å². The third-order valence-electron chi connectivity index (χ3n) is 6.68. The minimum Gasteiger partial charge on any atom is -0.482 e. The summed E-state index contributed by atoms with van der Waals surface area (Å²) >= 11 is 0.610. The first kappa shape index (κ1) is 24.4. The van der Waals surface area contributed by atoms with Crippen molar-refractivity contribution in [1.29, 1.82) is 0 Å². The van der Waals surface area contributed by atoms with Crippen molar-refractivity contribution in [2.24, 2.45) is 16.6 Å². The molecule has 0 aromatic carbocycles. The Morgan fingerprint density at radius 3 is 2.79 bits per heavy atom. The molecule has 1 fully saturated rings. The van der Waals surface area contributed by atoms with Gasteiger partial charge in [0, 0.05) is 11.6 Å². The smallest absolute Gasteiger partial charge is 0.272 e. The van der Waals surface area contributed by atoms with Gasteiger partial charge in [-0.1, -0.05) is 11.8 Å². The van der Waals surface area contributed by atoms with Crippen LogP contribution in [0.5, 0.6) is 5.75 Å². The van der Waals surface area contributed by atoms with Gasteiger partial charge < -0.3 is 25.3 Å². The van der Waals surface area contributed by atoms with Gasteiger partial charge in [0.2, 0.25) is 11.8 Å². The topological polar surface area (TPSA) is 157 Å². The number of alkyl halides is 2. The molecule has 4 aromatic heterocycles. The van der Waals surface area contributed by atoms with Crippen molar-refractivity contribution in [3.8, 4) is 5.75 Å². The summed E-state index contributed by atoms with van der Waals surface area (Å²) in [4.78, 5) is 24.7. The number of hydrogen-bond donors (Lipinski definition) is 3. The highest BCUT2D eigenvalue weighted by Crippen LogP contribution is 2.74. The van der Waals surface area contributed by atoms with Crippen molar-refractivity contribution in [2.75, 3.05) is 11.9 Å². The van der Waals surface area contributed by atoms with E-state index in [9.17, 15) is 18.3 Å². The highest BCUT2D eigenvalue weighted by Gasteiger charge is 2.87. The molecule has 5 heterocycles. The predicted octanol–water partition coefficient (Wildman–Crippen LogP) is 3.14. The summed E-state index contributed by atoms with van der Waals surface area (Å²) < 4.78 is 53.7. The Morgan fingerprint density at radius 1 is 1.18 bits per heavy atom. The van der Waals surface area contributed by atoms with Gasteiger partial charge in [0.15, 0.2) is 17.6 Å². The standard InChI is InChI=1S/C23H19F3N8O3S/c1-21(19-22(9-35,23(19,25)26)38-20(27)34-21)13-4-11(6-30-17(13)24)33-18-16-14(31-10-32-18)5-12(7-29-16)37-8-15-28-2-3-36-15/h2-7,10,19,35H,8-9H2,1H3,(H2,27,34)(H,31,32,33)/t19?,21-,22-/m1/s1. The van der Waals surface area contributed by atoms with Crippen LogP contribution in [-0.2, 0) is 12.1 Å². The number of pyridine rings is 2. The lowest BCUT2D eigenvalue weighted by atomic mass is 9.86. The number of halogens is 3. The van der Waals surface area contributed by atoms with Crippen molar-refractivity contribution in [3.63, 3.8) is 0 Å². The number of rotatable bonds is 7. The van der Waals surface area contributed by atoms with Crippen LogP contribution in [0.3, 0.4) is 0 Å². The van der Waals surface area contributed by atoms with Crippen molar-refractivity contribution in [2.45, 2.75) is 29.7 Å². The molecule has 1 aliphatic heterocycles. The van der Waals surface area contributed by atoms with Gasteiger partial charge in [0.05, 0.1) is 42.3 Å². The van der Waals surface area contributed by atoms with Crippen LogP contribution in [-0.4, -0.2) is 52.5 Å². The highest BCUT2D eigenvalue weighted by molar-refractivity contribution is 8.15. The number of thioether (sulfide) groups is 1. The molecule has 196 valence electrons. The molecular formula is C23H19F3N8O3S. The molecular weight excluding hydrogens is 525 g/mol. The van der Waals surface area contributed by atoms with Gasteiger partial charge in [-0.3, -0.25) is 4.99 Å². The van der Waals surface area contributed by atoms with Crippen LogP contribution in [0.4, 0.5) is 24.7 Å². The zero-order chi connectivity index (χ0) is 26.7. The number of fused-ring (bicyclic) bond motifs is 2. The number of oxazole rings is 1. The summed E-state index contributed by atoms with van der Waals surface area (Å²) in [6.45, 7) is 0.625. The summed E-state index contributed by atoms with van der Waals surface area (Å²) in [5, 5.41) is 12.6. The maximum absolute atomic E-state index is 15.0. The average Bonchev–Trinajstić information content (AvgIpc) is 3.19. The minimum atomic E-state index is -3.32. The first-order valence-corrected chi connectivity index (χ1v) is 12.1. The zero-order valence-electron chi connectivity index (χ0n) is 19.6. The Hall–Kier alpha value is -3.98. The van der Waals surface area contributed by atoms with Gasteiger partial charge in [-0.25, -0.2) is 33.7 Å². The van der Waals surface area contributed by atoms with Crippen LogP contribution in [0.2, 0.25) is 0 Å². The van der Waals surface area contributed by atoms with E-state index in [0.29, 0.717) is 34.4 Å². The Bertz CT molecular complexity index is 1570. The second-order valence-corrected chi connectivity index (χ2v) is 10.3. The molecule has 1 aliphatic carbocycles. The first-order valence-electron chi connectivity index (χ1n) is 11.3. The van der Waals surface area contributed by atoms with E-state index >= 15 is 0 Å². The second kappa shape index (κ2) is 8.52. The Labute approximate surface area is 216 Å². The highest BCUT2D eigenvalue weighted by atomic mass is 32.2. The third kappa shape index (κ3) is 3.64. The molecule has 0 spiro atoms. The number of nitrogens with two attached hydrogens (primary N) is 1. The van der Waals surface area contributed by atoms with Gasteiger partial charge in [-0.15, -0.1) is 0 Å². The number of ether oxygens (including phenoxy) is 1. The van der Waals surface area contributed by atoms with E-state index in [1.165, 1.54) is 44.2 Å². The number of nitrogens with zero attached hydrogens (tertiary/aromatic N) is 6. The first-order chi connectivity index (χ1) is 18.2. The summed E-state index contributed by atoms with van der Waals surface area (Å²) in [5.41, 5.74) is 4.95. The molecule has 11 nitrogen and oxygen atoms in total. The molecule has 0 bridgehead atoms. The fourth-order valence-electron chi connectivity index (χ4n) is 4.89. The summed E-state index contributed by atoms with van der Waals surface area (Å²) in [6.07, 6.45) is 6.90. The molecule has 0 amide bonds. The number of amidine groups is 1. The van der Waals surface area contributed by atoms with Crippen molar-refractivity contribution >= 4 is 39.5 Å². The molecule has 15 heteroatoms. The number of aliphatic hydroxyl groups is 1. The lowest BCUT2D eigenvalue weighted by Gasteiger charge is -2.31. The third-order valence-corrected chi connectivity index (χ3v) is 7.98. The van der Waals surface area contributed by atoms with Crippen LogP contribution in [0.15, 0.2) is 52.7 Å². The van der Waals surface area contributed by atoms with E-state index in [1.807, 2.05) is 0 Å². The summed E-state index contributed by atoms with van der Waals surface area (Å²) in [7, 11) is 0. The number of nitrogens with one attached hydrogen (secondary N) is 1. The number of aliphatic imine (C=N–C) groups is 1. The molecule has 3 atom stereocenters. The summed E-state index contributed by atoms with van der Waals surface area (Å²) in [5.74, 6) is -4.69. The molecule has 4 aromatic rings. The Morgan fingerprint density at radius 2 is 2.03 bits per heavy atom. The normalized spacial score (nSPS) is 25.5.